The number of hydrogen-bond donors (Lipinski definition) is 0. The molecule has 0 aliphatic carbocycles. The first-order chi connectivity index (χ1) is 9.99. The minimum absolute atomic E-state index is 0.0235. The van der Waals surface area contributed by atoms with Crippen molar-refractivity contribution in [1.29, 1.82) is 5.26 Å². The van der Waals surface area contributed by atoms with Crippen LogP contribution in [0.25, 0.3) is 0 Å². The minimum atomic E-state index is -0.569. The van der Waals surface area contributed by atoms with Crippen molar-refractivity contribution in [3.63, 3.8) is 0 Å². The molecule has 1 aromatic carbocycles. The van der Waals surface area contributed by atoms with E-state index in [-0.39, 0.29) is 18.1 Å². The van der Waals surface area contributed by atoms with Gasteiger partial charge in [-0.05, 0) is 31.7 Å². The molecule has 7 nitrogen and oxygen atoms in total. The first kappa shape index (κ1) is 16.6. The van der Waals surface area contributed by atoms with E-state index in [1.807, 2.05) is 0 Å². The summed E-state index contributed by atoms with van der Waals surface area (Å²) in [5, 5.41) is 19.9. The Balaban J connectivity index is 2.71. The maximum Gasteiger partial charge on any atom is 0.307 e. The number of nitro groups is 1. The third-order valence-corrected chi connectivity index (χ3v) is 2.96. The fourth-order valence-electron chi connectivity index (χ4n) is 1.84. The molecule has 0 fully saturated rings. The average molecular weight is 291 g/mol. The van der Waals surface area contributed by atoms with Gasteiger partial charge in [0.15, 0.2) is 0 Å². The van der Waals surface area contributed by atoms with Gasteiger partial charge in [-0.2, -0.15) is 5.26 Å². The van der Waals surface area contributed by atoms with E-state index in [1.54, 1.807) is 31.0 Å². The molecule has 7 heteroatoms. The van der Waals surface area contributed by atoms with Crippen molar-refractivity contribution < 1.29 is 14.5 Å². The van der Waals surface area contributed by atoms with Crippen LogP contribution >= 0.6 is 0 Å². The number of hydrogen-bond acceptors (Lipinski definition) is 6. The maximum atomic E-state index is 11.3. The number of esters is 1. The quantitative estimate of drug-likeness (QED) is 0.433. The Hall–Kier alpha value is -2.46. The molecule has 1 unspecified atom stereocenters. The van der Waals surface area contributed by atoms with Crippen LogP contribution in [0.5, 0.6) is 0 Å². The summed E-state index contributed by atoms with van der Waals surface area (Å²) in [6, 6.07) is 7.37. The second-order valence-corrected chi connectivity index (χ2v) is 4.42. The Kier molecular flexibility index (Phi) is 6.30. The largest absolute Gasteiger partial charge is 0.466 e. The summed E-state index contributed by atoms with van der Waals surface area (Å²) in [5.74, 6) is -0.315. The Morgan fingerprint density at radius 1 is 1.48 bits per heavy atom. The molecule has 0 aliphatic heterocycles. The van der Waals surface area contributed by atoms with Crippen LogP contribution in [-0.4, -0.2) is 36.0 Å². The molecule has 21 heavy (non-hydrogen) atoms. The van der Waals surface area contributed by atoms with Crippen molar-refractivity contribution in [2.75, 3.05) is 20.2 Å². The summed E-state index contributed by atoms with van der Waals surface area (Å²) in [6.45, 7) is 2.43. The number of nitrogens with zero attached hydrogens (tertiary/aromatic N) is 3. The second kappa shape index (κ2) is 7.97. The van der Waals surface area contributed by atoms with Crippen molar-refractivity contribution in [3.8, 4) is 6.07 Å². The summed E-state index contributed by atoms with van der Waals surface area (Å²) in [5.41, 5.74) is 0.624. The fourth-order valence-corrected chi connectivity index (χ4v) is 1.84. The number of non-ortho nitro benzene ring substituents is 1. The Bertz CT molecular complexity index is 536. The lowest BCUT2D eigenvalue weighted by Crippen LogP contribution is -2.26. The third-order valence-electron chi connectivity index (χ3n) is 2.96. The van der Waals surface area contributed by atoms with Gasteiger partial charge in [-0.1, -0.05) is 0 Å². The summed E-state index contributed by atoms with van der Waals surface area (Å²) in [6.07, 6.45) is 0.190. The SMILES string of the molecule is CCOC(=O)CCN(C)C(C#N)c1ccc([N+](=O)[O-])cc1. The number of benzene rings is 1. The lowest BCUT2D eigenvalue weighted by molar-refractivity contribution is -0.384. The Labute approximate surface area is 122 Å². The first-order valence-corrected chi connectivity index (χ1v) is 6.49. The van der Waals surface area contributed by atoms with Gasteiger partial charge in [-0.15, -0.1) is 0 Å². The molecule has 0 bridgehead atoms. The van der Waals surface area contributed by atoms with Crippen molar-refractivity contribution in [2.24, 2.45) is 0 Å². The zero-order valence-electron chi connectivity index (χ0n) is 12.0. The molecule has 0 amide bonds. The minimum Gasteiger partial charge on any atom is -0.466 e. The molecule has 1 rings (SSSR count). The smallest absolute Gasteiger partial charge is 0.307 e. The van der Waals surface area contributed by atoms with E-state index in [1.165, 1.54) is 12.1 Å². The van der Waals surface area contributed by atoms with Crippen LogP contribution in [0.4, 0.5) is 5.69 Å². The standard InChI is InChI=1S/C14H17N3O4/c1-3-21-14(18)8-9-16(2)13(10-15)11-4-6-12(7-5-11)17(19)20/h4-7,13H,3,8-9H2,1-2H3. The summed E-state index contributed by atoms with van der Waals surface area (Å²) < 4.78 is 4.83. The van der Waals surface area contributed by atoms with E-state index in [2.05, 4.69) is 6.07 Å². The molecule has 0 spiro atoms. The van der Waals surface area contributed by atoms with Gasteiger partial charge >= 0.3 is 5.97 Å². The van der Waals surface area contributed by atoms with Crippen molar-refractivity contribution in [1.82, 2.24) is 4.90 Å². The zero-order valence-corrected chi connectivity index (χ0v) is 12.0. The highest BCUT2D eigenvalue weighted by molar-refractivity contribution is 5.69. The number of carbonyl (C=O) groups excluding carboxylic acids is 1. The molecule has 0 saturated heterocycles. The first-order valence-electron chi connectivity index (χ1n) is 6.49. The molecule has 0 heterocycles. The number of carbonyl (C=O) groups is 1. The molecule has 0 N–H and O–H groups in total. The van der Waals surface area contributed by atoms with Crippen LogP contribution in [0.3, 0.4) is 0 Å². The van der Waals surface area contributed by atoms with Crippen LogP contribution in [0, 0.1) is 21.4 Å². The molecule has 1 aromatic rings. The maximum absolute atomic E-state index is 11.3. The van der Waals surface area contributed by atoms with Gasteiger partial charge in [0.2, 0.25) is 0 Å². The number of ether oxygens (including phenoxy) is 1. The predicted molar refractivity (Wildman–Crippen MR) is 75.3 cm³/mol. The van der Waals surface area contributed by atoms with Crippen molar-refractivity contribution in [3.05, 3.63) is 39.9 Å². The van der Waals surface area contributed by atoms with Crippen molar-refractivity contribution in [2.45, 2.75) is 19.4 Å². The Morgan fingerprint density at radius 3 is 2.57 bits per heavy atom. The van der Waals surface area contributed by atoms with Crippen LogP contribution in [-0.2, 0) is 9.53 Å². The molecular formula is C14H17N3O4. The van der Waals surface area contributed by atoms with Gasteiger partial charge in [0, 0.05) is 18.7 Å². The van der Waals surface area contributed by atoms with Gasteiger partial charge in [-0.25, -0.2) is 0 Å². The van der Waals surface area contributed by atoms with Gasteiger partial charge in [0.25, 0.3) is 5.69 Å². The van der Waals surface area contributed by atoms with Gasteiger partial charge in [0.05, 0.1) is 24.0 Å². The van der Waals surface area contributed by atoms with E-state index in [9.17, 15) is 20.2 Å². The van der Waals surface area contributed by atoms with E-state index < -0.39 is 11.0 Å². The van der Waals surface area contributed by atoms with E-state index in [0.29, 0.717) is 18.7 Å². The predicted octanol–water partition coefficient (Wildman–Crippen LogP) is 2.04. The lowest BCUT2D eigenvalue weighted by atomic mass is 10.1. The summed E-state index contributed by atoms with van der Waals surface area (Å²) in [4.78, 5) is 23.1. The van der Waals surface area contributed by atoms with Crippen LogP contribution in [0.2, 0.25) is 0 Å². The molecule has 0 radical (unpaired) electrons. The van der Waals surface area contributed by atoms with E-state index in [4.69, 9.17) is 4.74 Å². The molecule has 1 atom stereocenters. The van der Waals surface area contributed by atoms with Gasteiger partial charge in [0.1, 0.15) is 6.04 Å². The third kappa shape index (κ3) is 4.85. The molecule has 112 valence electrons. The summed E-state index contributed by atoms with van der Waals surface area (Å²) >= 11 is 0. The number of rotatable bonds is 7. The molecular weight excluding hydrogens is 274 g/mol. The second-order valence-electron chi connectivity index (χ2n) is 4.42. The van der Waals surface area contributed by atoms with Gasteiger partial charge in [-0.3, -0.25) is 19.8 Å². The van der Waals surface area contributed by atoms with Gasteiger partial charge < -0.3 is 4.74 Å². The Morgan fingerprint density at radius 2 is 2.10 bits per heavy atom. The van der Waals surface area contributed by atoms with E-state index >= 15 is 0 Å². The van der Waals surface area contributed by atoms with Crippen LogP contribution in [0.15, 0.2) is 24.3 Å². The van der Waals surface area contributed by atoms with E-state index in [0.717, 1.165) is 0 Å². The average Bonchev–Trinajstić information content (AvgIpc) is 2.47. The molecule has 0 aromatic heterocycles. The van der Waals surface area contributed by atoms with Crippen LogP contribution < -0.4 is 0 Å². The highest BCUT2D eigenvalue weighted by Crippen LogP contribution is 2.21. The fraction of sp³-hybridized carbons (Fsp3) is 0.429. The highest BCUT2D eigenvalue weighted by atomic mass is 16.6. The molecule has 0 saturated carbocycles. The topological polar surface area (TPSA) is 96.5 Å². The lowest BCUT2D eigenvalue weighted by Gasteiger charge is -2.22. The summed E-state index contributed by atoms with van der Waals surface area (Å²) in [7, 11) is 1.72. The van der Waals surface area contributed by atoms with Crippen molar-refractivity contribution >= 4 is 11.7 Å². The number of nitriles is 1. The zero-order chi connectivity index (χ0) is 15.8. The molecule has 0 aliphatic rings. The number of nitro benzene ring substituents is 1. The highest BCUT2D eigenvalue weighted by Gasteiger charge is 2.18. The monoisotopic (exact) mass is 291 g/mol. The normalized spacial score (nSPS) is 11.7. The van der Waals surface area contributed by atoms with Crippen LogP contribution in [0.1, 0.15) is 24.9 Å².